The molecule has 19 heavy (non-hydrogen) atoms. The Hall–Kier alpha value is -1.08. The highest BCUT2D eigenvalue weighted by Gasteiger charge is 2.28. The summed E-state index contributed by atoms with van der Waals surface area (Å²) in [7, 11) is 1.50. The lowest BCUT2D eigenvalue weighted by Crippen LogP contribution is -2.32. The van der Waals surface area contributed by atoms with Crippen molar-refractivity contribution in [3.63, 3.8) is 0 Å². The van der Waals surface area contributed by atoms with Gasteiger partial charge in [0.05, 0.1) is 0 Å². The topological polar surface area (TPSA) is 29.5 Å². The van der Waals surface area contributed by atoms with E-state index in [2.05, 4.69) is 20.7 Å². The number of benzene rings is 1. The van der Waals surface area contributed by atoms with Crippen molar-refractivity contribution < 1.29 is 22.7 Å². The number of nitrogens with zero attached hydrogens (tertiary/aromatic N) is 1. The molecule has 0 atom stereocenters. The van der Waals surface area contributed by atoms with Gasteiger partial charge < -0.3 is 9.64 Å². The highest BCUT2D eigenvalue weighted by molar-refractivity contribution is 9.10. The Labute approximate surface area is 117 Å². The van der Waals surface area contributed by atoms with Crippen LogP contribution in [-0.2, 0) is 9.53 Å². The maximum atomic E-state index is 11.9. The van der Waals surface area contributed by atoms with E-state index >= 15 is 0 Å². The number of ether oxygens (including phenoxy) is 1. The molecule has 0 bridgehead atoms. The third kappa shape index (κ3) is 5.20. The third-order valence-corrected chi connectivity index (χ3v) is 2.88. The molecule has 0 radical (unpaired) electrons. The van der Waals surface area contributed by atoms with Crippen LogP contribution in [0.25, 0.3) is 0 Å². The average molecular weight is 340 g/mol. The van der Waals surface area contributed by atoms with Gasteiger partial charge in [0.1, 0.15) is 13.2 Å². The number of alkyl halides is 3. The van der Waals surface area contributed by atoms with Gasteiger partial charge in [-0.25, -0.2) is 0 Å². The molecule has 0 aliphatic heterocycles. The number of amides is 1. The number of anilines is 1. The zero-order valence-corrected chi connectivity index (χ0v) is 12.0. The number of hydrogen-bond donors (Lipinski definition) is 0. The second-order valence-electron chi connectivity index (χ2n) is 3.99. The summed E-state index contributed by atoms with van der Waals surface area (Å²) in [6.07, 6.45) is -4.42. The molecule has 0 spiro atoms. The van der Waals surface area contributed by atoms with Crippen LogP contribution in [0.5, 0.6) is 0 Å². The molecule has 106 valence electrons. The highest BCUT2D eigenvalue weighted by Crippen LogP contribution is 2.23. The molecule has 1 rings (SSSR count). The van der Waals surface area contributed by atoms with E-state index in [0.717, 1.165) is 10.0 Å². The van der Waals surface area contributed by atoms with Crippen molar-refractivity contribution in [2.75, 3.05) is 25.2 Å². The monoisotopic (exact) mass is 339 g/mol. The maximum absolute atomic E-state index is 11.9. The normalized spacial score (nSPS) is 11.5. The van der Waals surface area contributed by atoms with Crippen LogP contribution in [-0.4, -0.2) is 32.3 Å². The number of carbonyl (C=O) groups excluding carboxylic acids is 1. The molecule has 0 aromatic heterocycles. The fraction of sp³-hybridized carbons (Fsp3) is 0.417. The van der Waals surface area contributed by atoms with Gasteiger partial charge in [-0.2, -0.15) is 13.2 Å². The second kappa shape index (κ2) is 6.38. The SMILES string of the molecule is Cc1cc(Br)ccc1N(C)C(=O)COCC(F)(F)F. The molecule has 0 fully saturated rings. The first-order valence-electron chi connectivity index (χ1n) is 5.38. The van der Waals surface area contributed by atoms with E-state index in [9.17, 15) is 18.0 Å². The van der Waals surface area contributed by atoms with Crippen molar-refractivity contribution in [3.8, 4) is 0 Å². The van der Waals surface area contributed by atoms with E-state index in [4.69, 9.17) is 0 Å². The van der Waals surface area contributed by atoms with Gasteiger partial charge in [-0.05, 0) is 30.7 Å². The molecule has 0 aliphatic carbocycles. The summed E-state index contributed by atoms with van der Waals surface area (Å²) < 4.78 is 40.9. The minimum atomic E-state index is -4.42. The van der Waals surface area contributed by atoms with Crippen LogP contribution in [0.1, 0.15) is 5.56 Å². The van der Waals surface area contributed by atoms with Crippen molar-refractivity contribution >= 4 is 27.5 Å². The van der Waals surface area contributed by atoms with Crippen molar-refractivity contribution in [2.24, 2.45) is 0 Å². The lowest BCUT2D eigenvalue weighted by molar-refractivity contribution is -0.175. The quantitative estimate of drug-likeness (QED) is 0.842. The zero-order valence-electron chi connectivity index (χ0n) is 10.4. The third-order valence-electron chi connectivity index (χ3n) is 2.39. The molecule has 0 heterocycles. The number of carbonyl (C=O) groups is 1. The standard InChI is InChI=1S/C12H13BrF3NO2/c1-8-5-9(13)3-4-10(8)17(2)11(18)6-19-7-12(14,15)16/h3-5H,6-7H2,1-2H3. The summed E-state index contributed by atoms with van der Waals surface area (Å²) in [6, 6.07) is 5.28. The Morgan fingerprint density at radius 3 is 2.58 bits per heavy atom. The maximum Gasteiger partial charge on any atom is 0.411 e. The van der Waals surface area contributed by atoms with Gasteiger partial charge in [0.2, 0.25) is 0 Å². The van der Waals surface area contributed by atoms with E-state index < -0.39 is 25.3 Å². The minimum absolute atomic E-state index is 0.533. The second-order valence-corrected chi connectivity index (χ2v) is 4.91. The Balaban J connectivity index is 2.62. The minimum Gasteiger partial charge on any atom is -0.362 e. The van der Waals surface area contributed by atoms with Gasteiger partial charge in [0, 0.05) is 17.2 Å². The first-order valence-corrected chi connectivity index (χ1v) is 6.17. The molecule has 1 amide bonds. The molecular formula is C12H13BrF3NO2. The first kappa shape index (κ1) is 16.0. The molecule has 3 nitrogen and oxygen atoms in total. The molecule has 0 unspecified atom stereocenters. The van der Waals surface area contributed by atoms with Crippen molar-refractivity contribution in [2.45, 2.75) is 13.1 Å². The van der Waals surface area contributed by atoms with Crippen LogP contribution in [0.4, 0.5) is 18.9 Å². The summed E-state index contributed by atoms with van der Waals surface area (Å²) in [5.41, 5.74) is 1.46. The molecule has 0 aliphatic rings. The summed E-state index contributed by atoms with van der Waals surface area (Å²) in [5, 5.41) is 0. The lowest BCUT2D eigenvalue weighted by Gasteiger charge is -2.20. The van der Waals surface area contributed by atoms with E-state index in [1.807, 2.05) is 6.07 Å². The van der Waals surface area contributed by atoms with Gasteiger partial charge in [0.25, 0.3) is 5.91 Å². The van der Waals surface area contributed by atoms with Gasteiger partial charge in [-0.1, -0.05) is 15.9 Å². The van der Waals surface area contributed by atoms with Crippen molar-refractivity contribution in [1.29, 1.82) is 0 Å². The molecule has 0 saturated carbocycles. The summed E-state index contributed by atoms with van der Waals surface area (Å²) in [5.74, 6) is -0.533. The Kier molecular flexibility index (Phi) is 5.37. The van der Waals surface area contributed by atoms with Crippen LogP contribution < -0.4 is 4.90 Å². The van der Waals surface area contributed by atoms with Crippen LogP contribution in [0.15, 0.2) is 22.7 Å². The number of aryl methyl sites for hydroxylation is 1. The lowest BCUT2D eigenvalue weighted by atomic mass is 10.2. The molecule has 7 heteroatoms. The predicted octanol–water partition coefficient (Wildman–Crippen LogP) is 3.30. The number of hydrogen-bond acceptors (Lipinski definition) is 2. The van der Waals surface area contributed by atoms with E-state index in [1.165, 1.54) is 11.9 Å². The van der Waals surface area contributed by atoms with Gasteiger partial charge in [-0.15, -0.1) is 0 Å². The Morgan fingerprint density at radius 1 is 1.42 bits per heavy atom. The van der Waals surface area contributed by atoms with Crippen molar-refractivity contribution in [1.82, 2.24) is 0 Å². The average Bonchev–Trinajstić information content (AvgIpc) is 2.26. The summed E-state index contributed by atoms with van der Waals surface area (Å²) >= 11 is 3.29. The molecule has 1 aromatic carbocycles. The van der Waals surface area contributed by atoms with Gasteiger partial charge in [-0.3, -0.25) is 4.79 Å². The fourth-order valence-electron chi connectivity index (χ4n) is 1.48. The van der Waals surface area contributed by atoms with Gasteiger partial charge >= 0.3 is 6.18 Å². The van der Waals surface area contributed by atoms with Crippen LogP contribution >= 0.6 is 15.9 Å². The largest absolute Gasteiger partial charge is 0.411 e. The number of rotatable bonds is 4. The highest BCUT2D eigenvalue weighted by atomic mass is 79.9. The molecule has 1 aromatic rings. The van der Waals surface area contributed by atoms with Crippen molar-refractivity contribution in [3.05, 3.63) is 28.2 Å². The predicted molar refractivity (Wildman–Crippen MR) is 69.2 cm³/mol. The molecule has 0 N–H and O–H groups in total. The summed E-state index contributed by atoms with van der Waals surface area (Å²) in [6.45, 7) is -0.224. The zero-order chi connectivity index (χ0) is 14.6. The van der Waals surface area contributed by atoms with E-state index in [-0.39, 0.29) is 0 Å². The number of likely N-dealkylation sites (N-methyl/N-ethyl adjacent to an activating group) is 1. The Bertz CT molecular complexity index is 463. The van der Waals surface area contributed by atoms with Crippen LogP contribution in [0.3, 0.4) is 0 Å². The Morgan fingerprint density at radius 2 is 2.05 bits per heavy atom. The summed E-state index contributed by atoms with van der Waals surface area (Å²) in [4.78, 5) is 13.0. The van der Waals surface area contributed by atoms with Gasteiger partial charge in [0.15, 0.2) is 0 Å². The molecular weight excluding hydrogens is 327 g/mol. The smallest absolute Gasteiger partial charge is 0.362 e. The van der Waals surface area contributed by atoms with Crippen LogP contribution in [0, 0.1) is 6.92 Å². The number of halogens is 4. The molecule has 0 saturated heterocycles. The van der Waals surface area contributed by atoms with Crippen LogP contribution in [0.2, 0.25) is 0 Å². The fourth-order valence-corrected chi connectivity index (χ4v) is 1.96. The first-order chi connectivity index (χ1) is 8.70. The van der Waals surface area contributed by atoms with E-state index in [0.29, 0.717) is 5.69 Å². The van der Waals surface area contributed by atoms with E-state index in [1.54, 1.807) is 19.1 Å².